The van der Waals surface area contributed by atoms with E-state index in [1.54, 1.807) is 17.0 Å². The first kappa shape index (κ1) is 17.3. The van der Waals surface area contributed by atoms with E-state index < -0.39 is 5.60 Å². The van der Waals surface area contributed by atoms with Gasteiger partial charge in [0, 0.05) is 24.6 Å². The van der Waals surface area contributed by atoms with Crippen molar-refractivity contribution in [3.8, 4) is 5.75 Å². The minimum atomic E-state index is -0.523. The molecule has 1 saturated heterocycles. The van der Waals surface area contributed by atoms with Gasteiger partial charge in [-0.15, -0.1) is 0 Å². The van der Waals surface area contributed by atoms with E-state index in [1.165, 1.54) is 0 Å². The van der Waals surface area contributed by atoms with E-state index >= 15 is 0 Å². The van der Waals surface area contributed by atoms with Crippen LogP contribution in [0.2, 0.25) is 0 Å². The van der Waals surface area contributed by atoms with Crippen molar-refractivity contribution in [3.05, 3.63) is 29.8 Å². The molecule has 126 valence electrons. The summed E-state index contributed by atoms with van der Waals surface area (Å²) in [4.78, 5) is 26.3. The average molecular weight is 319 g/mol. The van der Waals surface area contributed by atoms with Crippen molar-refractivity contribution < 1.29 is 19.1 Å². The highest BCUT2D eigenvalue weighted by atomic mass is 16.6. The molecule has 1 atom stereocenters. The molecule has 1 amide bonds. The lowest BCUT2D eigenvalue weighted by molar-refractivity contribution is 0.0289. The highest BCUT2D eigenvalue weighted by molar-refractivity contribution is 5.98. The van der Waals surface area contributed by atoms with Crippen molar-refractivity contribution in [1.29, 1.82) is 0 Å². The summed E-state index contributed by atoms with van der Waals surface area (Å²) in [6.45, 7) is 8.94. The molecule has 1 aromatic rings. The van der Waals surface area contributed by atoms with E-state index in [0.717, 1.165) is 0 Å². The highest BCUT2D eigenvalue weighted by Gasteiger charge is 2.33. The number of amides is 1. The van der Waals surface area contributed by atoms with Gasteiger partial charge >= 0.3 is 6.09 Å². The smallest absolute Gasteiger partial charge is 0.410 e. The standard InChI is InChI=1S/C18H25NO4/c1-5-22-15-8-6-7-13(11-15)16(20)14-9-10-19(12-14)17(21)23-18(2,3)4/h6-8,11,14H,5,9-10,12H2,1-4H3. The Hall–Kier alpha value is -2.04. The molecular formula is C18H25NO4. The molecule has 1 unspecified atom stereocenters. The first-order valence-electron chi connectivity index (χ1n) is 8.05. The maximum atomic E-state index is 12.6. The summed E-state index contributed by atoms with van der Waals surface area (Å²) in [6, 6.07) is 7.21. The molecule has 1 aliphatic rings. The molecule has 0 radical (unpaired) electrons. The van der Waals surface area contributed by atoms with E-state index in [1.807, 2.05) is 39.8 Å². The zero-order valence-corrected chi connectivity index (χ0v) is 14.3. The number of Topliss-reactive ketones (excluding diaryl/α,β-unsaturated/α-hetero) is 1. The van der Waals surface area contributed by atoms with E-state index in [4.69, 9.17) is 9.47 Å². The van der Waals surface area contributed by atoms with Crippen molar-refractivity contribution in [1.82, 2.24) is 4.90 Å². The minimum absolute atomic E-state index is 0.0533. The Morgan fingerprint density at radius 2 is 2.04 bits per heavy atom. The van der Waals surface area contributed by atoms with Crippen molar-refractivity contribution >= 4 is 11.9 Å². The summed E-state index contributed by atoms with van der Waals surface area (Å²) in [5, 5.41) is 0. The molecule has 0 saturated carbocycles. The lowest BCUT2D eigenvalue weighted by Crippen LogP contribution is -2.35. The summed E-state index contributed by atoms with van der Waals surface area (Å²) < 4.78 is 10.8. The third kappa shape index (κ3) is 4.71. The van der Waals surface area contributed by atoms with Crippen LogP contribution in [-0.4, -0.2) is 42.1 Å². The number of carbonyl (C=O) groups excluding carboxylic acids is 2. The molecule has 0 spiro atoms. The van der Waals surface area contributed by atoms with E-state index in [0.29, 0.717) is 37.4 Å². The van der Waals surface area contributed by atoms with E-state index in [-0.39, 0.29) is 17.8 Å². The van der Waals surface area contributed by atoms with Gasteiger partial charge in [-0.1, -0.05) is 12.1 Å². The van der Waals surface area contributed by atoms with Crippen molar-refractivity contribution in [2.75, 3.05) is 19.7 Å². The molecule has 1 aromatic carbocycles. The Kier molecular flexibility index (Phi) is 5.29. The molecule has 0 aliphatic carbocycles. The summed E-state index contributed by atoms with van der Waals surface area (Å²) in [6.07, 6.45) is 0.313. The van der Waals surface area contributed by atoms with Gasteiger partial charge in [0.25, 0.3) is 0 Å². The van der Waals surface area contributed by atoms with Gasteiger partial charge in [0.2, 0.25) is 0 Å². The topological polar surface area (TPSA) is 55.8 Å². The Morgan fingerprint density at radius 3 is 2.70 bits per heavy atom. The number of likely N-dealkylation sites (tertiary alicyclic amines) is 1. The predicted octanol–water partition coefficient (Wildman–Crippen LogP) is 3.53. The molecule has 0 bridgehead atoms. The van der Waals surface area contributed by atoms with Gasteiger partial charge in [-0.25, -0.2) is 4.79 Å². The van der Waals surface area contributed by atoms with Crippen LogP contribution in [0.3, 0.4) is 0 Å². The fourth-order valence-electron chi connectivity index (χ4n) is 2.61. The Labute approximate surface area is 137 Å². The number of ether oxygens (including phenoxy) is 2. The van der Waals surface area contributed by atoms with E-state index in [2.05, 4.69) is 0 Å². The van der Waals surface area contributed by atoms with Crippen LogP contribution < -0.4 is 4.74 Å². The number of ketones is 1. The second kappa shape index (κ2) is 7.02. The highest BCUT2D eigenvalue weighted by Crippen LogP contribution is 2.24. The molecule has 2 rings (SSSR count). The molecule has 5 heteroatoms. The van der Waals surface area contributed by atoms with Gasteiger partial charge in [0.05, 0.1) is 6.61 Å². The molecule has 0 aromatic heterocycles. The van der Waals surface area contributed by atoms with Gasteiger partial charge in [0.1, 0.15) is 11.4 Å². The van der Waals surface area contributed by atoms with Crippen molar-refractivity contribution in [3.63, 3.8) is 0 Å². The Morgan fingerprint density at radius 1 is 1.30 bits per heavy atom. The first-order valence-corrected chi connectivity index (χ1v) is 8.05. The van der Waals surface area contributed by atoms with Gasteiger partial charge in [-0.05, 0) is 46.2 Å². The number of hydrogen-bond donors (Lipinski definition) is 0. The van der Waals surface area contributed by atoms with Crippen LogP contribution in [0.25, 0.3) is 0 Å². The van der Waals surface area contributed by atoms with Gasteiger partial charge in [-0.3, -0.25) is 4.79 Å². The zero-order valence-electron chi connectivity index (χ0n) is 14.3. The Bertz CT molecular complexity index is 577. The molecule has 0 N–H and O–H groups in total. The number of carbonyl (C=O) groups is 2. The minimum Gasteiger partial charge on any atom is -0.494 e. The fourth-order valence-corrected chi connectivity index (χ4v) is 2.61. The lowest BCUT2D eigenvalue weighted by atomic mass is 9.97. The Balaban J connectivity index is 2.00. The quantitative estimate of drug-likeness (QED) is 0.797. The van der Waals surface area contributed by atoms with Gasteiger partial charge in [-0.2, -0.15) is 0 Å². The van der Waals surface area contributed by atoms with E-state index in [9.17, 15) is 9.59 Å². The normalized spacial score (nSPS) is 17.9. The van der Waals surface area contributed by atoms with Crippen LogP contribution >= 0.6 is 0 Å². The summed E-state index contributed by atoms with van der Waals surface area (Å²) in [5.41, 5.74) is 0.109. The van der Waals surface area contributed by atoms with Crippen LogP contribution in [0.1, 0.15) is 44.5 Å². The molecular weight excluding hydrogens is 294 g/mol. The molecule has 5 nitrogen and oxygen atoms in total. The zero-order chi connectivity index (χ0) is 17.0. The molecule has 1 aliphatic heterocycles. The second-order valence-corrected chi connectivity index (χ2v) is 6.74. The average Bonchev–Trinajstić information content (AvgIpc) is 2.95. The third-order valence-corrected chi connectivity index (χ3v) is 3.64. The fraction of sp³-hybridized carbons (Fsp3) is 0.556. The lowest BCUT2D eigenvalue weighted by Gasteiger charge is -2.24. The number of hydrogen-bond acceptors (Lipinski definition) is 4. The molecule has 1 fully saturated rings. The van der Waals surface area contributed by atoms with Crippen molar-refractivity contribution in [2.24, 2.45) is 5.92 Å². The SMILES string of the molecule is CCOc1cccc(C(=O)C2CCN(C(=O)OC(C)(C)C)C2)c1. The summed E-state index contributed by atoms with van der Waals surface area (Å²) >= 11 is 0. The van der Waals surface area contributed by atoms with Gasteiger partial charge < -0.3 is 14.4 Å². The van der Waals surface area contributed by atoms with Crippen LogP contribution in [0.4, 0.5) is 4.79 Å². The summed E-state index contributed by atoms with van der Waals surface area (Å²) in [5.74, 6) is 0.567. The van der Waals surface area contributed by atoms with Crippen LogP contribution in [0, 0.1) is 5.92 Å². The maximum absolute atomic E-state index is 12.6. The van der Waals surface area contributed by atoms with Crippen LogP contribution in [0.15, 0.2) is 24.3 Å². The first-order chi connectivity index (χ1) is 10.8. The monoisotopic (exact) mass is 319 g/mol. The third-order valence-electron chi connectivity index (χ3n) is 3.64. The van der Waals surface area contributed by atoms with Crippen molar-refractivity contribution in [2.45, 2.75) is 39.7 Å². The number of benzene rings is 1. The van der Waals surface area contributed by atoms with Crippen LogP contribution in [0.5, 0.6) is 5.75 Å². The molecule has 23 heavy (non-hydrogen) atoms. The van der Waals surface area contributed by atoms with Crippen LogP contribution in [-0.2, 0) is 4.74 Å². The maximum Gasteiger partial charge on any atom is 0.410 e. The number of rotatable bonds is 4. The van der Waals surface area contributed by atoms with Gasteiger partial charge in [0.15, 0.2) is 5.78 Å². The summed E-state index contributed by atoms with van der Waals surface area (Å²) in [7, 11) is 0. The second-order valence-electron chi connectivity index (χ2n) is 6.74. The molecule has 1 heterocycles. The number of nitrogens with zero attached hydrogens (tertiary/aromatic N) is 1. The largest absolute Gasteiger partial charge is 0.494 e. The predicted molar refractivity (Wildman–Crippen MR) is 87.9 cm³/mol.